The molecule has 2 aromatic rings. The Balaban J connectivity index is 2.13. The Labute approximate surface area is 196 Å². The van der Waals surface area contributed by atoms with E-state index < -0.39 is 48.0 Å². The van der Waals surface area contributed by atoms with E-state index in [-0.39, 0.29) is 27.9 Å². The van der Waals surface area contributed by atoms with Crippen LogP contribution in [0.15, 0.2) is 30.7 Å². The average Bonchev–Trinajstić information content (AvgIpc) is 3.32. The number of hydrogen-bond donors (Lipinski definition) is 1. The number of methoxy groups -OCH3 is 2. The van der Waals surface area contributed by atoms with Crippen molar-refractivity contribution in [2.24, 2.45) is 0 Å². The molecule has 0 saturated carbocycles. The van der Waals surface area contributed by atoms with Crippen LogP contribution in [0.1, 0.15) is 54.0 Å². The van der Waals surface area contributed by atoms with Crippen molar-refractivity contribution in [3.05, 3.63) is 64.2 Å². The summed E-state index contributed by atoms with van der Waals surface area (Å²) in [7, 11) is 2.12. The first-order valence-corrected chi connectivity index (χ1v) is 10.1. The summed E-state index contributed by atoms with van der Waals surface area (Å²) in [6, 6.07) is 2.65. The highest BCUT2D eigenvalue weighted by Gasteiger charge is 2.39. The van der Waals surface area contributed by atoms with Crippen molar-refractivity contribution in [1.82, 2.24) is 9.97 Å². The number of carbonyl (C=O) groups excluding carboxylic acids is 2. The fraction of sp³-hybridized carbons (Fsp3) is 0.333. The van der Waals surface area contributed by atoms with Crippen LogP contribution in [-0.4, -0.2) is 36.1 Å². The van der Waals surface area contributed by atoms with E-state index in [1.165, 1.54) is 31.6 Å². The monoisotopic (exact) mass is 501 g/mol. The molecule has 13 heteroatoms. The van der Waals surface area contributed by atoms with E-state index in [0.717, 1.165) is 20.3 Å². The molecule has 0 fully saturated rings. The first-order valence-electron chi connectivity index (χ1n) is 9.71. The van der Waals surface area contributed by atoms with E-state index in [0.29, 0.717) is 0 Å². The minimum Gasteiger partial charge on any atom is -0.468 e. The van der Waals surface area contributed by atoms with Gasteiger partial charge in [0.05, 0.1) is 37.1 Å². The van der Waals surface area contributed by atoms with Gasteiger partial charge in [-0.1, -0.05) is 18.2 Å². The quantitative estimate of drug-likeness (QED) is 0.321. The number of aromatic nitrogens is 2. The molecule has 0 radical (unpaired) electrons. The van der Waals surface area contributed by atoms with Crippen LogP contribution in [0.5, 0.6) is 0 Å². The highest BCUT2D eigenvalue weighted by molar-refractivity contribution is 6.28. The molecule has 182 valence electrons. The lowest BCUT2D eigenvalue weighted by atomic mass is 9.99. The largest absolute Gasteiger partial charge is 0.468 e. The molecule has 2 heterocycles. The van der Waals surface area contributed by atoms with Crippen LogP contribution in [0.4, 0.5) is 19.0 Å². The van der Waals surface area contributed by atoms with E-state index in [2.05, 4.69) is 15.3 Å². The zero-order valence-electron chi connectivity index (χ0n) is 18.1. The van der Waals surface area contributed by atoms with Crippen LogP contribution < -0.4 is 5.32 Å². The molecular weight excluding hydrogens is 483 g/mol. The van der Waals surface area contributed by atoms with Gasteiger partial charge < -0.3 is 24.3 Å². The van der Waals surface area contributed by atoms with Gasteiger partial charge in [-0.2, -0.15) is 0 Å². The fourth-order valence-electron chi connectivity index (χ4n) is 3.31. The van der Waals surface area contributed by atoms with Crippen LogP contribution in [-0.2, 0) is 28.5 Å². The smallest absolute Gasteiger partial charge is 0.326 e. The van der Waals surface area contributed by atoms with Crippen molar-refractivity contribution in [3.8, 4) is 0 Å². The van der Waals surface area contributed by atoms with Crippen molar-refractivity contribution in [2.75, 3.05) is 19.5 Å². The van der Waals surface area contributed by atoms with Crippen LogP contribution in [0.2, 0.25) is 5.28 Å². The molecule has 0 spiro atoms. The zero-order chi connectivity index (χ0) is 25.0. The van der Waals surface area contributed by atoms with Gasteiger partial charge in [-0.25, -0.2) is 23.1 Å². The number of ether oxygens (including phenoxy) is 4. The first-order chi connectivity index (χ1) is 16.2. The predicted molar refractivity (Wildman–Crippen MR) is 111 cm³/mol. The van der Waals surface area contributed by atoms with Gasteiger partial charge in [0.2, 0.25) is 5.28 Å². The maximum Gasteiger partial charge on any atom is 0.326 e. The zero-order valence-corrected chi connectivity index (χ0v) is 18.8. The van der Waals surface area contributed by atoms with E-state index >= 15 is 0 Å². The third-order valence-electron chi connectivity index (χ3n) is 4.90. The topological polar surface area (TPSA) is 109 Å². The maximum atomic E-state index is 14.7. The summed E-state index contributed by atoms with van der Waals surface area (Å²) >= 11 is 6.06. The molecule has 0 amide bonds. The molecule has 0 saturated heterocycles. The molecule has 0 aliphatic carbocycles. The molecule has 9 nitrogen and oxygen atoms in total. The molecular formula is C21H19ClF3N3O6. The summed E-state index contributed by atoms with van der Waals surface area (Å²) in [6.45, 7) is 1.49. The van der Waals surface area contributed by atoms with Crippen LogP contribution in [0.3, 0.4) is 0 Å². The number of benzene rings is 1. The second-order valence-corrected chi connectivity index (χ2v) is 7.25. The molecule has 1 aromatic heterocycles. The number of rotatable bonds is 8. The lowest BCUT2D eigenvalue weighted by molar-refractivity contribution is -0.154. The Morgan fingerprint density at radius 1 is 1.09 bits per heavy atom. The molecule has 34 heavy (non-hydrogen) atoms. The average molecular weight is 502 g/mol. The highest BCUT2D eigenvalue weighted by Crippen LogP contribution is 2.38. The van der Waals surface area contributed by atoms with Crippen LogP contribution in [0, 0.1) is 5.82 Å². The van der Waals surface area contributed by atoms with Gasteiger partial charge in [0, 0.05) is 5.56 Å². The number of nitrogens with zero attached hydrogens (tertiary/aromatic N) is 2. The van der Waals surface area contributed by atoms with Crippen molar-refractivity contribution in [3.63, 3.8) is 0 Å². The van der Waals surface area contributed by atoms with Crippen LogP contribution in [0.25, 0.3) is 0 Å². The Morgan fingerprint density at radius 3 is 2.24 bits per heavy atom. The highest BCUT2D eigenvalue weighted by atomic mass is 35.5. The fourth-order valence-corrected chi connectivity index (χ4v) is 3.48. The molecule has 1 atom stereocenters. The molecule has 1 aliphatic rings. The normalized spacial score (nSPS) is 14.0. The lowest BCUT2D eigenvalue weighted by Crippen LogP contribution is -2.28. The summed E-state index contributed by atoms with van der Waals surface area (Å²) < 4.78 is 61.1. The van der Waals surface area contributed by atoms with Gasteiger partial charge in [-0.05, 0) is 18.5 Å². The van der Waals surface area contributed by atoms with E-state index in [4.69, 9.17) is 30.5 Å². The Kier molecular flexibility index (Phi) is 7.82. The second-order valence-electron chi connectivity index (χ2n) is 6.91. The maximum absolute atomic E-state index is 14.7. The summed E-state index contributed by atoms with van der Waals surface area (Å²) in [5, 5.41) is 2.46. The number of esters is 2. The lowest BCUT2D eigenvalue weighted by Gasteiger charge is -2.24. The Bertz CT molecular complexity index is 1090. The standard InChI is InChI=1S/C21H19ClF3N3O6/c1-9(10-5-4-6-11(14(10)23)16(24)25)26-17-12(20-33-7-8-34-20)15(27-21(22)28-17)13(18(29)31-2)19(30)32-3/h4-9,13,16,20H,1-3H3,(H,26,27,28)/t9-/m1/s1. The molecule has 0 unspecified atom stereocenters. The van der Waals surface area contributed by atoms with Gasteiger partial charge >= 0.3 is 11.9 Å². The van der Waals surface area contributed by atoms with Gasteiger partial charge in [0.1, 0.15) is 24.2 Å². The van der Waals surface area contributed by atoms with Crippen LogP contribution >= 0.6 is 11.6 Å². The van der Waals surface area contributed by atoms with Crippen molar-refractivity contribution in [2.45, 2.75) is 31.6 Å². The number of halogens is 4. The van der Waals surface area contributed by atoms with Crippen molar-refractivity contribution < 1.29 is 41.7 Å². The third-order valence-corrected chi connectivity index (χ3v) is 5.07. The van der Waals surface area contributed by atoms with Crippen molar-refractivity contribution in [1.29, 1.82) is 0 Å². The van der Waals surface area contributed by atoms with Gasteiger partial charge in [-0.3, -0.25) is 9.59 Å². The third kappa shape index (κ3) is 5.01. The minimum absolute atomic E-state index is 0.0347. The molecule has 3 rings (SSSR count). The summed E-state index contributed by atoms with van der Waals surface area (Å²) in [5.41, 5.74) is -1.14. The molecule has 1 aliphatic heterocycles. The van der Waals surface area contributed by atoms with Gasteiger partial charge in [-0.15, -0.1) is 0 Å². The Hall–Kier alpha value is -3.54. The summed E-state index contributed by atoms with van der Waals surface area (Å²) in [5.74, 6) is -4.91. The predicted octanol–water partition coefficient (Wildman–Crippen LogP) is 4.33. The van der Waals surface area contributed by atoms with Gasteiger partial charge in [0.15, 0.2) is 5.92 Å². The van der Waals surface area contributed by atoms with E-state index in [1.807, 2.05) is 0 Å². The summed E-state index contributed by atoms with van der Waals surface area (Å²) in [4.78, 5) is 32.9. The SMILES string of the molecule is COC(=O)C(C(=O)OC)c1nc(Cl)nc(N[C@H](C)c2cccc(C(F)F)c2F)c1C1OC=CO1. The molecule has 0 bridgehead atoms. The second kappa shape index (κ2) is 10.6. The number of nitrogens with one attached hydrogen (secondary N) is 1. The Morgan fingerprint density at radius 2 is 1.68 bits per heavy atom. The number of anilines is 1. The first kappa shape index (κ1) is 25.1. The van der Waals surface area contributed by atoms with E-state index in [9.17, 15) is 22.8 Å². The van der Waals surface area contributed by atoms with Crippen molar-refractivity contribution >= 4 is 29.4 Å². The summed E-state index contributed by atoms with van der Waals surface area (Å²) in [6.07, 6.45) is -1.84. The number of carbonyl (C=O) groups is 2. The minimum atomic E-state index is -3.02. The molecule has 1 N–H and O–H groups in total. The van der Waals surface area contributed by atoms with E-state index in [1.54, 1.807) is 0 Å². The number of hydrogen-bond acceptors (Lipinski definition) is 9. The molecule has 1 aromatic carbocycles. The number of alkyl halides is 2. The van der Waals surface area contributed by atoms with Gasteiger partial charge in [0.25, 0.3) is 12.7 Å².